The molecule has 0 aliphatic rings. The van der Waals surface area contributed by atoms with Crippen molar-refractivity contribution in [3.8, 4) is 0 Å². The summed E-state index contributed by atoms with van der Waals surface area (Å²) in [5.41, 5.74) is -1.39. The smallest absolute Gasteiger partial charge is 0.371 e. The number of imide groups is 1. The highest BCUT2D eigenvalue weighted by Gasteiger charge is 2.35. The van der Waals surface area contributed by atoms with Crippen molar-refractivity contribution in [1.29, 1.82) is 0 Å². The molecule has 0 aliphatic heterocycles. The van der Waals surface area contributed by atoms with Gasteiger partial charge in [0.2, 0.25) is 11.8 Å². The first-order chi connectivity index (χ1) is 22.0. The van der Waals surface area contributed by atoms with E-state index in [4.69, 9.17) is 4.55 Å². The van der Waals surface area contributed by atoms with Crippen LogP contribution in [-0.4, -0.2) is 47.6 Å². The van der Waals surface area contributed by atoms with E-state index in [0.717, 1.165) is 45.6 Å². The molecule has 0 saturated carbocycles. The van der Waals surface area contributed by atoms with Crippen molar-refractivity contribution < 1.29 is 31.8 Å². The van der Waals surface area contributed by atoms with E-state index < -0.39 is 16.1 Å². The van der Waals surface area contributed by atoms with Crippen LogP contribution in [0.1, 0.15) is 214 Å². The summed E-state index contributed by atoms with van der Waals surface area (Å²) in [6, 6.07) is 0. The summed E-state index contributed by atoms with van der Waals surface area (Å²) in [6.45, 7) is 7.98. The Bertz CT molecular complexity index is 760. The van der Waals surface area contributed by atoms with Crippen LogP contribution in [0, 0.1) is 0 Å². The van der Waals surface area contributed by atoms with E-state index in [1.807, 2.05) is 6.92 Å². The molecule has 9 heteroatoms. The summed E-state index contributed by atoms with van der Waals surface area (Å²) in [4.78, 5) is 27.1. The molecular formula is C37H75NO7S. The van der Waals surface area contributed by atoms with Gasteiger partial charge >= 0.3 is 10.4 Å². The lowest BCUT2D eigenvalue weighted by atomic mass is 10.0. The first-order valence-electron chi connectivity index (χ1n) is 19.1. The summed E-state index contributed by atoms with van der Waals surface area (Å²) in [6.07, 6.45) is 33.9. The maximum Gasteiger partial charge on any atom is 0.397 e. The third-order valence-electron chi connectivity index (χ3n) is 8.85. The van der Waals surface area contributed by atoms with Crippen LogP contribution in [0.15, 0.2) is 0 Å². The second-order valence-electron chi connectivity index (χ2n) is 13.3. The van der Waals surface area contributed by atoms with Gasteiger partial charge in [-0.3, -0.25) is 23.2 Å². The molecule has 46 heavy (non-hydrogen) atoms. The zero-order valence-corrected chi connectivity index (χ0v) is 31.6. The number of aliphatic hydroxyl groups is 1. The molecule has 1 atom stereocenters. The fourth-order valence-corrected chi connectivity index (χ4v) is 5.65. The predicted molar refractivity (Wildman–Crippen MR) is 192 cm³/mol. The Morgan fingerprint density at radius 1 is 0.543 bits per heavy atom. The van der Waals surface area contributed by atoms with E-state index in [9.17, 15) is 23.1 Å². The molecule has 1 unspecified atom stereocenters. The molecule has 8 nitrogen and oxygen atoms in total. The first-order valence-corrected chi connectivity index (χ1v) is 20.4. The molecule has 0 aromatic carbocycles. The maximum absolute atomic E-state index is 13.0. The molecule has 2 amide bonds. The summed E-state index contributed by atoms with van der Waals surface area (Å²) in [5.74, 6) is -0.399. The van der Waals surface area contributed by atoms with Gasteiger partial charge in [0.1, 0.15) is 5.72 Å². The summed E-state index contributed by atoms with van der Waals surface area (Å²) >= 11 is 0. The van der Waals surface area contributed by atoms with Crippen molar-refractivity contribution >= 4 is 22.2 Å². The van der Waals surface area contributed by atoms with E-state index in [2.05, 4.69) is 18.0 Å². The molecule has 2 N–H and O–H groups in total. The Morgan fingerprint density at radius 2 is 0.761 bits per heavy atom. The zero-order chi connectivity index (χ0) is 34.9. The number of nitrogens with zero attached hydrogens (tertiary/aromatic N) is 1. The van der Waals surface area contributed by atoms with Crippen molar-refractivity contribution in [2.45, 2.75) is 220 Å². The van der Waals surface area contributed by atoms with E-state index in [1.165, 1.54) is 133 Å². The lowest BCUT2D eigenvalue weighted by Gasteiger charge is -2.35. The summed E-state index contributed by atoms with van der Waals surface area (Å²) < 4.78 is 29.7. The van der Waals surface area contributed by atoms with Crippen LogP contribution in [0.25, 0.3) is 0 Å². The van der Waals surface area contributed by atoms with E-state index in [0.29, 0.717) is 19.3 Å². The van der Waals surface area contributed by atoms with Gasteiger partial charge < -0.3 is 5.11 Å². The number of hydrogen-bond acceptors (Lipinski definition) is 6. The molecule has 0 radical (unpaired) electrons. The Labute approximate surface area is 285 Å². The molecule has 0 aromatic heterocycles. The zero-order valence-electron chi connectivity index (χ0n) is 30.8. The number of amides is 2. The molecular weight excluding hydrogens is 602 g/mol. The quantitative estimate of drug-likeness (QED) is 0.0425. The highest BCUT2D eigenvalue weighted by molar-refractivity contribution is 7.80. The van der Waals surface area contributed by atoms with E-state index >= 15 is 0 Å². The minimum Gasteiger partial charge on any atom is -0.371 e. The SMILES string of the molecule is CCCCCCCCCCCCCCCC(=O)N(C(=O)CCCCCCCCCCCCCCC)C(C)(O)CC.COS(=O)(=O)O. The van der Waals surface area contributed by atoms with Gasteiger partial charge in [-0.1, -0.05) is 175 Å². The van der Waals surface area contributed by atoms with Gasteiger partial charge in [0.25, 0.3) is 0 Å². The summed E-state index contributed by atoms with van der Waals surface area (Å²) in [5, 5.41) is 10.8. The van der Waals surface area contributed by atoms with Crippen LogP contribution in [-0.2, 0) is 24.2 Å². The van der Waals surface area contributed by atoms with E-state index in [-0.39, 0.29) is 11.8 Å². The largest absolute Gasteiger partial charge is 0.397 e. The monoisotopic (exact) mass is 678 g/mol. The Morgan fingerprint density at radius 3 is 0.957 bits per heavy atom. The lowest BCUT2D eigenvalue weighted by molar-refractivity contribution is -0.170. The van der Waals surface area contributed by atoms with Crippen molar-refractivity contribution in [3.05, 3.63) is 0 Å². The predicted octanol–water partition coefficient (Wildman–Crippen LogP) is 10.9. The van der Waals surface area contributed by atoms with Gasteiger partial charge in [0.15, 0.2) is 0 Å². The Balaban J connectivity index is 0. The van der Waals surface area contributed by atoms with Gasteiger partial charge in [0, 0.05) is 12.8 Å². The maximum atomic E-state index is 13.0. The molecule has 0 aliphatic carbocycles. The fraction of sp³-hybridized carbons (Fsp3) is 0.946. The Hall–Kier alpha value is -1.03. The van der Waals surface area contributed by atoms with Gasteiger partial charge in [-0.15, -0.1) is 0 Å². The average molecular weight is 678 g/mol. The van der Waals surface area contributed by atoms with Gasteiger partial charge in [-0.2, -0.15) is 8.42 Å². The number of rotatable bonds is 31. The third-order valence-corrected chi connectivity index (χ3v) is 9.27. The van der Waals surface area contributed by atoms with Crippen molar-refractivity contribution in [3.63, 3.8) is 0 Å². The first kappa shape index (κ1) is 47.1. The van der Waals surface area contributed by atoms with Gasteiger partial charge in [-0.25, -0.2) is 0 Å². The average Bonchev–Trinajstić information content (AvgIpc) is 3.01. The number of unbranched alkanes of at least 4 members (excludes halogenated alkanes) is 24. The number of hydrogen-bond donors (Lipinski definition) is 2. The molecule has 0 fully saturated rings. The van der Waals surface area contributed by atoms with Crippen molar-refractivity contribution in [1.82, 2.24) is 4.90 Å². The fourth-order valence-electron chi connectivity index (χ4n) is 5.65. The number of carbonyl (C=O) groups is 2. The van der Waals surface area contributed by atoms with Crippen LogP contribution in [0.4, 0.5) is 0 Å². The molecule has 0 heterocycles. The third kappa shape index (κ3) is 31.6. The normalized spacial score (nSPS) is 12.8. The molecule has 0 saturated heterocycles. The molecule has 0 spiro atoms. The lowest BCUT2D eigenvalue weighted by Crippen LogP contribution is -2.52. The minimum atomic E-state index is -4.16. The van der Waals surface area contributed by atoms with Crippen LogP contribution in [0.3, 0.4) is 0 Å². The number of carbonyl (C=O) groups excluding carboxylic acids is 2. The van der Waals surface area contributed by atoms with Gasteiger partial charge in [0.05, 0.1) is 7.11 Å². The van der Waals surface area contributed by atoms with Gasteiger partial charge in [-0.05, 0) is 26.2 Å². The van der Waals surface area contributed by atoms with Crippen LogP contribution in [0.5, 0.6) is 0 Å². The molecule has 0 bridgehead atoms. The highest BCUT2D eigenvalue weighted by atomic mass is 32.3. The second-order valence-corrected chi connectivity index (χ2v) is 14.5. The Kier molecular flexibility index (Phi) is 33.3. The molecule has 276 valence electrons. The van der Waals surface area contributed by atoms with Crippen LogP contribution >= 0.6 is 0 Å². The van der Waals surface area contributed by atoms with E-state index in [1.54, 1.807) is 6.92 Å². The second kappa shape index (κ2) is 32.5. The van der Waals surface area contributed by atoms with Crippen LogP contribution < -0.4 is 0 Å². The highest BCUT2D eigenvalue weighted by Crippen LogP contribution is 2.22. The van der Waals surface area contributed by atoms with Crippen LogP contribution in [0.2, 0.25) is 0 Å². The summed E-state index contributed by atoms with van der Waals surface area (Å²) in [7, 11) is -3.29. The topological polar surface area (TPSA) is 121 Å². The minimum absolute atomic E-state index is 0.199. The standard InChI is InChI=1S/C36H71NO3.CH4O4S/c1-5-8-10-12-14-16-18-20-22-24-26-28-30-32-34(38)37(36(4,40)7-3)35(39)33-31-29-27-25-23-21-19-17-15-13-11-9-6-2;1-5-6(2,3)4/h40H,5-33H2,1-4H3;1H3,(H,2,3,4). The van der Waals surface area contributed by atoms with Crippen molar-refractivity contribution in [2.75, 3.05) is 7.11 Å². The van der Waals surface area contributed by atoms with Crippen molar-refractivity contribution in [2.24, 2.45) is 0 Å². The molecule has 0 aromatic rings. The molecule has 0 rings (SSSR count).